The Bertz CT molecular complexity index is 1740. The topological polar surface area (TPSA) is 0 Å². The summed E-state index contributed by atoms with van der Waals surface area (Å²) in [5.41, 5.74) is 8.28. The van der Waals surface area contributed by atoms with E-state index in [0.717, 1.165) is 0 Å². The van der Waals surface area contributed by atoms with Gasteiger partial charge in [-0.3, -0.25) is 0 Å². The first-order valence-corrected chi connectivity index (χ1v) is 17.9. The van der Waals surface area contributed by atoms with Crippen molar-refractivity contribution >= 4 is 40.0 Å². The van der Waals surface area contributed by atoms with Gasteiger partial charge in [0.25, 0.3) is 0 Å². The number of hydrogen-bond acceptors (Lipinski definition) is 0. The fraction of sp³-hybridized carbons (Fsp3) is 0.238. The Labute approximate surface area is 287 Å². The maximum Gasteiger partial charge on any atom is 4.00 e. The summed E-state index contributed by atoms with van der Waals surface area (Å²) in [6.45, 7) is 18.8. The summed E-state index contributed by atoms with van der Waals surface area (Å²) in [7, 11) is -1.95. The molecule has 0 fully saturated rings. The van der Waals surface area contributed by atoms with E-state index in [1.165, 1.54) is 65.3 Å². The van der Waals surface area contributed by atoms with Gasteiger partial charge in [-0.2, -0.15) is 12.1 Å². The monoisotopic (exact) mass is 760 g/mol. The van der Waals surface area contributed by atoms with Crippen LogP contribution in [0.25, 0.3) is 43.8 Å². The van der Waals surface area contributed by atoms with Crippen molar-refractivity contribution in [2.45, 2.75) is 65.5 Å². The van der Waals surface area contributed by atoms with Gasteiger partial charge in [-0.25, -0.2) is 0 Å². The zero-order chi connectivity index (χ0) is 29.2. The predicted octanol–water partition coefficient (Wildman–Crippen LogP) is 11.1. The minimum atomic E-state index is -1.95. The molecule has 0 atom stereocenters. The second-order valence-corrected chi connectivity index (χ2v) is 18.8. The van der Waals surface area contributed by atoms with Gasteiger partial charge in [0.05, 0.1) is 8.07 Å². The van der Waals surface area contributed by atoms with E-state index in [0.29, 0.717) is 0 Å². The van der Waals surface area contributed by atoms with E-state index >= 15 is 0 Å². The van der Waals surface area contributed by atoms with E-state index in [1.54, 1.807) is 0 Å². The molecule has 0 heterocycles. The molecule has 44 heavy (non-hydrogen) atoms. The molecule has 0 saturated heterocycles. The SMILES string of the molecule is CC(C)(C)c1cccc(-c2cccc3[cH-]c([Si](C)(C)c4cc5c(-c6cccc(C(C)(C)C)c6)cccc5[cH-]4)cc23)c1.[CH3-].[CH3-].[Hf+4]. The third-order valence-corrected chi connectivity index (χ3v) is 12.5. The van der Waals surface area contributed by atoms with Crippen LogP contribution in [-0.4, -0.2) is 8.07 Å². The van der Waals surface area contributed by atoms with E-state index < -0.39 is 8.07 Å². The fourth-order valence-corrected chi connectivity index (χ4v) is 8.54. The van der Waals surface area contributed by atoms with Crippen molar-refractivity contribution in [3.05, 3.63) is 135 Å². The van der Waals surface area contributed by atoms with Crippen LogP contribution in [0.3, 0.4) is 0 Å². The van der Waals surface area contributed by atoms with Crippen LogP contribution in [0, 0.1) is 14.9 Å². The summed E-state index contributed by atoms with van der Waals surface area (Å²) in [6.07, 6.45) is 0. The maximum atomic E-state index is 2.51. The number of hydrogen-bond donors (Lipinski definition) is 0. The van der Waals surface area contributed by atoms with Crippen LogP contribution in [-0.2, 0) is 36.7 Å². The van der Waals surface area contributed by atoms with Crippen LogP contribution in [0.1, 0.15) is 52.7 Å². The van der Waals surface area contributed by atoms with Gasteiger partial charge in [0, 0.05) is 0 Å². The third-order valence-electron chi connectivity index (χ3n) is 9.02. The van der Waals surface area contributed by atoms with Crippen LogP contribution in [0.15, 0.2) is 109 Å². The Kier molecular flexibility index (Phi) is 10.4. The molecule has 6 aromatic rings. The van der Waals surface area contributed by atoms with Crippen molar-refractivity contribution < 1.29 is 25.8 Å². The normalized spacial score (nSPS) is 12.0. The summed E-state index contributed by atoms with van der Waals surface area (Å²) < 4.78 is 0. The molecule has 0 saturated carbocycles. The molecular formula is C42H48HfSi. The second-order valence-electron chi connectivity index (χ2n) is 14.4. The fourth-order valence-electron chi connectivity index (χ4n) is 6.17. The molecule has 0 bridgehead atoms. The Morgan fingerprint density at radius 2 is 0.864 bits per heavy atom. The Morgan fingerprint density at radius 1 is 0.500 bits per heavy atom. The molecule has 6 rings (SSSR count). The van der Waals surface area contributed by atoms with Crippen molar-refractivity contribution in [3.63, 3.8) is 0 Å². The van der Waals surface area contributed by atoms with Gasteiger partial charge < -0.3 is 14.9 Å². The molecule has 0 aliphatic rings. The average molecular weight is 759 g/mol. The molecular weight excluding hydrogens is 711 g/mol. The van der Waals surface area contributed by atoms with Gasteiger partial charge in [-0.05, 0) is 33.1 Å². The first-order chi connectivity index (χ1) is 19.3. The first-order valence-electron chi connectivity index (χ1n) is 14.9. The minimum Gasteiger partial charge on any atom is -0.358 e. The molecule has 0 amide bonds. The molecule has 0 aliphatic carbocycles. The number of benzene rings is 4. The van der Waals surface area contributed by atoms with Crippen LogP contribution in [0.5, 0.6) is 0 Å². The summed E-state index contributed by atoms with van der Waals surface area (Å²) >= 11 is 0. The van der Waals surface area contributed by atoms with Crippen molar-refractivity contribution in [2.75, 3.05) is 0 Å². The third kappa shape index (κ3) is 6.58. The minimum absolute atomic E-state index is 0. The largest absolute Gasteiger partial charge is 4.00 e. The molecule has 0 aromatic heterocycles. The summed E-state index contributed by atoms with van der Waals surface area (Å²) in [4.78, 5) is 0. The quantitative estimate of drug-likeness (QED) is 0.124. The van der Waals surface area contributed by atoms with Gasteiger partial charge in [0.2, 0.25) is 0 Å². The van der Waals surface area contributed by atoms with Crippen LogP contribution >= 0.6 is 0 Å². The molecule has 0 nitrogen and oxygen atoms in total. The Morgan fingerprint density at radius 3 is 1.23 bits per heavy atom. The first kappa shape index (κ1) is 35.7. The van der Waals surface area contributed by atoms with Gasteiger partial charge in [-0.1, -0.05) is 126 Å². The van der Waals surface area contributed by atoms with E-state index in [4.69, 9.17) is 0 Å². The van der Waals surface area contributed by atoms with Crippen LogP contribution in [0.4, 0.5) is 0 Å². The molecule has 2 heteroatoms. The second kappa shape index (κ2) is 12.9. The van der Waals surface area contributed by atoms with Crippen molar-refractivity contribution in [3.8, 4) is 22.3 Å². The molecule has 224 valence electrons. The van der Waals surface area contributed by atoms with Crippen molar-refractivity contribution in [2.24, 2.45) is 0 Å². The maximum absolute atomic E-state index is 2.51. The molecule has 0 radical (unpaired) electrons. The van der Waals surface area contributed by atoms with Crippen molar-refractivity contribution in [1.29, 1.82) is 0 Å². The van der Waals surface area contributed by atoms with E-state index in [9.17, 15) is 0 Å². The van der Waals surface area contributed by atoms with Gasteiger partial charge in [-0.15, -0.1) is 68.3 Å². The molecule has 0 unspecified atom stereocenters. The zero-order valence-corrected chi connectivity index (χ0v) is 33.0. The van der Waals surface area contributed by atoms with E-state index in [-0.39, 0.29) is 51.5 Å². The van der Waals surface area contributed by atoms with Gasteiger partial charge in [0.15, 0.2) is 0 Å². The standard InChI is InChI=1S/C40H42Si.2CH3.Hf/c1-39(2,3)31-17-9-13-27(21-31)35-19-11-15-29-23-33(25-37(29)35)41(7,8)34-24-30-16-12-20-36(38(30)26-34)28-14-10-18-32(22-28)40(4,5)6;;;/h9-26H,1-8H3;2*1H3;/q-2;2*-1;+4. The average Bonchev–Trinajstić information content (AvgIpc) is 3.58. The van der Waals surface area contributed by atoms with Gasteiger partial charge >= 0.3 is 25.8 Å². The zero-order valence-electron chi connectivity index (χ0n) is 28.4. The smallest absolute Gasteiger partial charge is 0.358 e. The molecule has 0 spiro atoms. The van der Waals surface area contributed by atoms with E-state index in [1.807, 2.05) is 0 Å². The van der Waals surface area contributed by atoms with Crippen LogP contribution < -0.4 is 10.4 Å². The summed E-state index contributed by atoms with van der Waals surface area (Å²) in [5.74, 6) is 0. The number of rotatable bonds is 4. The molecule has 0 aliphatic heterocycles. The van der Waals surface area contributed by atoms with Crippen molar-refractivity contribution in [1.82, 2.24) is 0 Å². The predicted molar refractivity (Wildman–Crippen MR) is 197 cm³/mol. The van der Waals surface area contributed by atoms with Gasteiger partial charge in [0.1, 0.15) is 0 Å². The summed E-state index contributed by atoms with van der Waals surface area (Å²) in [6, 6.07) is 41.7. The summed E-state index contributed by atoms with van der Waals surface area (Å²) in [5, 5.41) is 8.41. The molecule has 6 aromatic carbocycles. The van der Waals surface area contributed by atoms with Crippen LogP contribution in [0.2, 0.25) is 13.1 Å². The Balaban J connectivity index is 0.00000176. The van der Waals surface area contributed by atoms with E-state index in [2.05, 4.69) is 164 Å². The Hall–Kier alpha value is -2.81. The number of fused-ring (bicyclic) bond motifs is 2. The molecule has 0 N–H and O–H groups in total.